The van der Waals surface area contributed by atoms with Crippen molar-refractivity contribution in [2.75, 3.05) is 14.2 Å². The van der Waals surface area contributed by atoms with Gasteiger partial charge in [-0.2, -0.15) is 0 Å². The van der Waals surface area contributed by atoms with Gasteiger partial charge in [0.2, 0.25) is 0 Å². The maximum absolute atomic E-state index is 14.1. The predicted molar refractivity (Wildman–Crippen MR) is 109 cm³/mol. The van der Waals surface area contributed by atoms with E-state index >= 15 is 0 Å². The van der Waals surface area contributed by atoms with E-state index in [-0.39, 0.29) is 24.1 Å². The number of benzene rings is 2. The van der Waals surface area contributed by atoms with Crippen molar-refractivity contribution >= 4 is 34.1 Å². The number of hydrogen-bond donors (Lipinski definition) is 1. The molecule has 6 heteroatoms. The number of aliphatic hydroxyl groups is 1. The zero-order chi connectivity index (χ0) is 18.7. The van der Waals surface area contributed by atoms with Crippen LogP contribution in [0.4, 0.5) is 4.39 Å². The summed E-state index contributed by atoms with van der Waals surface area (Å²) >= 11 is 0. The number of halogens is 2. The van der Waals surface area contributed by atoms with E-state index in [0.29, 0.717) is 28.3 Å². The van der Waals surface area contributed by atoms with Gasteiger partial charge in [0.15, 0.2) is 11.5 Å². The van der Waals surface area contributed by atoms with Crippen molar-refractivity contribution in [1.82, 2.24) is 4.98 Å². The van der Waals surface area contributed by atoms with Crippen molar-refractivity contribution in [3.63, 3.8) is 0 Å². The number of nitrogens with zero attached hydrogens (tertiary/aromatic N) is 1. The minimum Gasteiger partial charge on any atom is -0.493 e. The molecule has 1 N–H and O–H groups in total. The predicted octanol–water partition coefficient (Wildman–Crippen LogP) is 4.97. The fourth-order valence-corrected chi connectivity index (χ4v) is 5.25. The number of hydrogen-bond acceptors (Lipinski definition) is 4. The van der Waals surface area contributed by atoms with E-state index in [9.17, 15) is 9.50 Å². The van der Waals surface area contributed by atoms with Crippen LogP contribution in [0.3, 0.4) is 0 Å². The molecule has 28 heavy (non-hydrogen) atoms. The second-order valence-corrected chi connectivity index (χ2v) is 7.70. The number of pyridine rings is 1. The Bertz CT molecular complexity index is 1070. The van der Waals surface area contributed by atoms with E-state index in [1.807, 2.05) is 12.1 Å². The molecule has 0 amide bonds. The average molecular weight is 404 g/mol. The molecule has 5 rings (SSSR count). The molecule has 0 aliphatic heterocycles. The topological polar surface area (TPSA) is 51.6 Å². The van der Waals surface area contributed by atoms with E-state index in [0.717, 1.165) is 47.6 Å². The van der Waals surface area contributed by atoms with Gasteiger partial charge < -0.3 is 14.6 Å². The molecular weight excluding hydrogens is 381 g/mol. The molecule has 1 saturated carbocycles. The summed E-state index contributed by atoms with van der Waals surface area (Å²) in [7, 11) is 3.20. The van der Waals surface area contributed by atoms with E-state index in [1.54, 1.807) is 14.2 Å². The summed E-state index contributed by atoms with van der Waals surface area (Å²) in [5.41, 5.74) is 2.69. The van der Waals surface area contributed by atoms with Crippen LogP contribution < -0.4 is 9.47 Å². The van der Waals surface area contributed by atoms with Crippen LogP contribution in [0.5, 0.6) is 11.5 Å². The third-order valence-corrected chi connectivity index (χ3v) is 6.46. The normalized spacial score (nSPS) is 23.2. The molecule has 0 radical (unpaired) electrons. The monoisotopic (exact) mass is 403 g/mol. The Morgan fingerprint density at radius 1 is 1.04 bits per heavy atom. The highest BCUT2D eigenvalue weighted by Gasteiger charge is 2.40. The van der Waals surface area contributed by atoms with Crippen molar-refractivity contribution in [1.29, 1.82) is 0 Å². The Kier molecular flexibility index (Phi) is 4.84. The van der Waals surface area contributed by atoms with Gasteiger partial charge in [-0.25, -0.2) is 4.39 Å². The van der Waals surface area contributed by atoms with Crippen LogP contribution >= 0.6 is 12.4 Å². The molecule has 148 valence electrons. The van der Waals surface area contributed by atoms with E-state index in [1.165, 1.54) is 12.3 Å². The fraction of sp³-hybridized carbons (Fsp3) is 0.409. The lowest BCUT2D eigenvalue weighted by molar-refractivity contribution is 0.0758. The van der Waals surface area contributed by atoms with Gasteiger partial charge in [-0.15, -0.1) is 12.4 Å². The van der Waals surface area contributed by atoms with Crippen molar-refractivity contribution in [2.24, 2.45) is 11.8 Å². The fourth-order valence-electron chi connectivity index (χ4n) is 5.25. The first kappa shape index (κ1) is 19.2. The standard InChI is InChI=1S/C22H22FNO3.ClH/c1-26-18-8-14-15(9-19(18)27-2)17-7-12(23)10-24-21(17)20-16(14)6-11-4-3-5-13(11)22(20)25;/h7-11,13,22,25H,3-6H2,1-2H3;1H/t11?,13-,22-;/m1./s1. The minimum absolute atomic E-state index is 0. The quantitative estimate of drug-likeness (QED) is 0.613. The molecular formula is C22H23ClFNO3. The van der Waals surface area contributed by atoms with Crippen LogP contribution in [0.15, 0.2) is 24.4 Å². The largest absolute Gasteiger partial charge is 0.493 e. The number of methoxy groups -OCH3 is 2. The van der Waals surface area contributed by atoms with Crippen LogP contribution in [0.25, 0.3) is 21.7 Å². The van der Waals surface area contributed by atoms with Crippen LogP contribution in [0, 0.1) is 17.7 Å². The zero-order valence-corrected chi connectivity index (χ0v) is 16.7. The number of aromatic nitrogens is 1. The molecule has 4 nitrogen and oxygen atoms in total. The van der Waals surface area contributed by atoms with Gasteiger partial charge in [0.1, 0.15) is 5.82 Å². The summed E-state index contributed by atoms with van der Waals surface area (Å²) in [5.74, 6) is 1.61. The van der Waals surface area contributed by atoms with Gasteiger partial charge in [-0.3, -0.25) is 4.98 Å². The van der Waals surface area contributed by atoms with E-state index in [2.05, 4.69) is 4.98 Å². The van der Waals surface area contributed by atoms with Crippen molar-refractivity contribution < 1.29 is 19.0 Å². The molecule has 0 saturated heterocycles. The van der Waals surface area contributed by atoms with Gasteiger partial charge in [0.25, 0.3) is 0 Å². The maximum atomic E-state index is 14.1. The SMILES string of the molecule is COc1cc2c3c(c4ncc(F)cc4c2cc1OC)[C@H](O)[C@@H]1CCCC1C3.Cl. The van der Waals surface area contributed by atoms with Crippen LogP contribution in [0.2, 0.25) is 0 Å². The number of aliphatic hydroxyl groups excluding tert-OH is 1. The van der Waals surface area contributed by atoms with Gasteiger partial charge in [0.05, 0.1) is 32.0 Å². The molecule has 3 atom stereocenters. The van der Waals surface area contributed by atoms with Gasteiger partial charge in [-0.05, 0) is 65.6 Å². The first-order chi connectivity index (χ1) is 13.1. The second-order valence-electron chi connectivity index (χ2n) is 7.70. The molecule has 2 aliphatic carbocycles. The lowest BCUT2D eigenvalue weighted by atomic mass is 9.73. The van der Waals surface area contributed by atoms with Crippen molar-refractivity contribution in [3.8, 4) is 11.5 Å². The number of fused-ring (bicyclic) bond motifs is 7. The smallest absolute Gasteiger partial charge is 0.161 e. The Hall–Kier alpha value is -2.11. The third kappa shape index (κ3) is 2.64. The first-order valence-electron chi connectivity index (χ1n) is 9.46. The number of rotatable bonds is 2. The maximum Gasteiger partial charge on any atom is 0.161 e. The molecule has 0 bridgehead atoms. The molecule has 1 aromatic heterocycles. The van der Waals surface area contributed by atoms with Gasteiger partial charge in [-0.1, -0.05) is 6.42 Å². The minimum atomic E-state index is -0.556. The molecule has 3 aromatic rings. The lowest BCUT2D eigenvalue weighted by Gasteiger charge is -2.34. The van der Waals surface area contributed by atoms with E-state index in [4.69, 9.17) is 9.47 Å². The van der Waals surface area contributed by atoms with Crippen LogP contribution in [-0.2, 0) is 6.42 Å². The highest BCUT2D eigenvalue weighted by Crippen LogP contribution is 2.51. The summed E-state index contributed by atoms with van der Waals surface area (Å²) < 4.78 is 25.0. The zero-order valence-electron chi connectivity index (χ0n) is 15.9. The summed E-state index contributed by atoms with van der Waals surface area (Å²) in [5, 5.41) is 13.8. The summed E-state index contributed by atoms with van der Waals surface area (Å²) in [4.78, 5) is 4.40. The molecule has 1 unspecified atom stereocenters. The van der Waals surface area contributed by atoms with Crippen LogP contribution in [0.1, 0.15) is 36.5 Å². The average Bonchev–Trinajstić information content (AvgIpc) is 3.16. The number of ether oxygens (including phenoxy) is 2. The Labute approximate surface area is 169 Å². The highest BCUT2D eigenvalue weighted by atomic mass is 35.5. The summed E-state index contributed by atoms with van der Waals surface area (Å²) in [6.07, 6.45) is 4.93. The molecule has 1 fully saturated rings. The highest BCUT2D eigenvalue weighted by molar-refractivity contribution is 6.10. The van der Waals surface area contributed by atoms with Gasteiger partial charge >= 0.3 is 0 Å². The first-order valence-corrected chi connectivity index (χ1v) is 9.46. The second kappa shape index (κ2) is 7.05. The molecule has 2 aromatic carbocycles. The van der Waals surface area contributed by atoms with E-state index < -0.39 is 6.10 Å². The summed E-state index contributed by atoms with van der Waals surface area (Å²) in [6.45, 7) is 0. The van der Waals surface area contributed by atoms with Gasteiger partial charge in [0, 0.05) is 10.9 Å². The molecule has 0 spiro atoms. The summed E-state index contributed by atoms with van der Waals surface area (Å²) in [6, 6.07) is 5.36. The Morgan fingerprint density at radius 2 is 1.75 bits per heavy atom. The lowest BCUT2D eigenvalue weighted by Crippen LogP contribution is -2.26. The van der Waals surface area contributed by atoms with Crippen molar-refractivity contribution in [3.05, 3.63) is 41.3 Å². The third-order valence-electron chi connectivity index (χ3n) is 6.46. The molecule has 1 heterocycles. The Balaban J connectivity index is 0.00000192. The Morgan fingerprint density at radius 3 is 2.46 bits per heavy atom. The van der Waals surface area contributed by atoms with Crippen LogP contribution in [-0.4, -0.2) is 24.3 Å². The molecule has 2 aliphatic rings. The van der Waals surface area contributed by atoms with Crippen molar-refractivity contribution in [2.45, 2.75) is 31.8 Å².